The Labute approximate surface area is 129 Å². The van der Waals surface area contributed by atoms with Gasteiger partial charge in [-0.05, 0) is 24.1 Å². The van der Waals surface area contributed by atoms with Crippen LogP contribution in [0.15, 0.2) is 48.5 Å². The Morgan fingerprint density at radius 2 is 1.86 bits per heavy atom. The van der Waals surface area contributed by atoms with E-state index < -0.39 is 5.82 Å². The van der Waals surface area contributed by atoms with E-state index >= 15 is 0 Å². The molecule has 22 heavy (non-hydrogen) atoms. The Morgan fingerprint density at radius 1 is 1.14 bits per heavy atom. The van der Waals surface area contributed by atoms with E-state index in [9.17, 15) is 9.18 Å². The van der Waals surface area contributed by atoms with Crippen LogP contribution in [0.4, 0.5) is 4.39 Å². The first-order valence-corrected chi connectivity index (χ1v) is 7.43. The lowest BCUT2D eigenvalue weighted by Crippen LogP contribution is -2.32. The molecule has 2 N–H and O–H groups in total. The molecule has 1 fully saturated rings. The molecule has 2 aromatic rings. The quantitative estimate of drug-likeness (QED) is 0.926. The number of nitrogens with two attached hydrogens (primary N) is 1. The molecule has 4 heteroatoms. The maximum absolute atomic E-state index is 14.1. The van der Waals surface area contributed by atoms with Crippen LogP contribution in [-0.4, -0.2) is 29.9 Å². The number of benzene rings is 2. The molecule has 3 nitrogen and oxygen atoms in total. The van der Waals surface area contributed by atoms with Gasteiger partial charge in [-0.25, -0.2) is 4.39 Å². The summed E-state index contributed by atoms with van der Waals surface area (Å²) in [4.78, 5) is 14.2. The molecule has 0 bridgehead atoms. The van der Waals surface area contributed by atoms with Crippen molar-refractivity contribution in [3.63, 3.8) is 0 Å². The Balaban J connectivity index is 1.82. The number of hydrogen-bond donors (Lipinski definition) is 1. The van der Waals surface area contributed by atoms with Gasteiger partial charge >= 0.3 is 0 Å². The summed E-state index contributed by atoms with van der Waals surface area (Å²) in [5.41, 5.74) is 7.92. The van der Waals surface area contributed by atoms with E-state index in [1.165, 1.54) is 6.07 Å². The van der Waals surface area contributed by atoms with Crippen molar-refractivity contribution in [1.29, 1.82) is 0 Å². The van der Waals surface area contributed by atoms with Crippen LogP contribution in [0, 0.1) is 12.7 Å². The molecular weight excluding hydrogens is 279 g/mol. The summed E-state index contributed by atoms with van der Waals surface area (Å²) in [6.45, 7) is 2.64. The number of amides is 1. The molecule has 1 saturated heterocycles. The minimum absolute atomic E-state index is 0.0954. The lowest BCUT2D eigenvalue weighted by Gasteiger charge is -2.17. The highest BCUT2D eigenvalue weighted by atomic mass is 19.1. The van der Waals surface area contributed by atoms with Crippen LogP contribution >= 0.6 is 0 Å². The van der Waals surface area contributed by atoms with Gasteiger partial charge in [-0.2, -0.15) is 0 Å². The molecule has 2 aromatic carbocycles. The van der Waals surface area contributed by atoms with Crippen LogP contribution in [0.5, 0.6) is 0 Å². The topological polar surface area (TPSA) is 46.3 Å². The Hall–Kier alpha value is -2.20. The Kier molecular flexibility index (Phi) is 3.94. The minimum Gasteiger partial charge on any atom is -0.336 e. The lowest BCUT2D eigenvalue weighted by atomic mass is 9.95. The van der Waals surface area contributed by atoms with Crippen molar-refractivity contribution in [1.82, 2.24) is 4.90 Å². The fourth-order valence-corrected chi connectivity index (χ4v) is 3.03. The van der Waals surface area contributed by atoms with Gasteiger partial charge in [0.2, 0.25) is 0 Å². The summed E-state index contributed by atoms with van der Waals surface area (Å²) < 4.78 is 14.1. The zero-order chi connectivity index (χ0) is 15.7. The van der Waals surface area contributed by atoms with Crippen LogP contribution in [0.3, 0.4) is 0 Å². The molecule has 1 aliphatic rings. The van der Waals surface area contributed by atoms with Gasteiger partial charge in [0.25, 0.3) is 5.91 Å². The SMILES string of the molecule is Cc1cccc(C(=O)N2C[C@@H](N)[C@H](c3ccccc3)C2)c1F. The number of likely N-dealkylation sites (tertiary alicyclic amines) is 1. The average Bonchev–Trinajstić information content (AvgIpc) is 2.92. The fourth-order valence-electron chi connectivity index (χ4n) is 3.03. The molecule has 1 amide bonds. The monoisotopic (exact) mass is 298 g/mol. The van der Waals surface area contributed by atoms with Crippen molar-refractivity contribution in [3.05, 3.63) is 71.0 Å². The van der Waals surface area contributed by atoms with E-state index in [0.717, 1.165) is 5.56 Å². The molecule has 0 saturated carbocycles. The highest BCUT2D eigenvalue weighted by molar-refractivity contribution is 5.95. The predicted octanol–water partition coefficient (Wildman–Crippen LogP) is 2.70. The van der Waals surface area contributed by atoms with Crippen molar-refractivity contribution < 1.29 is 9.18 Å². The Morgan fingerprint density at radius 3 is 2.59 bits per heavy atom. The van der Waals surface area contributed by atoms with Gasteiger partial charge in [-0.3, -0.25) is 4.79 Å². The van der Waals surface area contributed by atoms with E-state index in [4.69, 9.17) is 5.73 Å². The number of hydrogen-bond acceptors (Lipinski definition) is 2. The summed E-state index contributed by atoms with van der Waals surface area (Å²) in [5, 5.41) is 0. The zero-order valence-electron chi connectivity index (χ0n) is 12.5. The molecule has 1 heterocycles. The summed E-state index contributed by atoms with van der Waals surface area (Å²) >= 11 is 0. The first kappa shape index (κ1) is 14.7. The molecular formula is C18H19FN2O. The van der Waals surface area contributed by atoms with Crippen molar-refractivity contribution in [2.75, 3.05) is 13.1 Å². The average molecular weight is 298 g/mol. The third kappa shape index (κ3) is 2.62. The number of rotatable bonds is 2. The van der Waals surface area contributed by atoms with Crippen molar-refractivity contribution in [3.8, 4) is 0 Å². The summed E-state index contributed by atoms with van der Waals surface area (Å²) in [6.07, 6.45) is 0. The first-order valence-electron chi connectivity index (χ1n) is 7.43. The predicted molar refractivity (Wildman–Crippen MR) is 84.2 cm³/mol. The van der Waals surface area contributed by atoms with Crippen LogP contribution < -0.4 is 5.73 Å². The van der Waals surface area contributed by atoms with Gasteiger partial charge in [-0.15, -0.1) is 0 Å². The standard InChI is InChI=1S/C18H19FN2O/c1-12-6-5-9-14(17(12)19)18(22)21-10-15(16(20)11-21)13-7-3-2-4-8-13/h2-9,15-16H,10-11,20H2,1H3/t15-,16+/m0/s1. The normalized spacial score (nSPS) is 21.1. The number of aryl methyl sites for hydroxylation is 1. The van der Waals surface area contributed by atoms with E-state index in [0.29, 0.717) is 18.7 Å². The van der Waals surface area contributed by atoms with Crippen LogP contribution in [0.1, 0.15) is 27.4 Å². The first-order chi connectivity index (χ1) is 10.6. The summed E-state index contributed by atoms with van der Waals surface area (Å²) in [7, 11) is 0. The second kappa shape index (κ2) is 5.89. The number of carbonyl (C=O) groups excluding carboxylic acids is 1. The number of nitrogens with zero attached hydrogens (tertiary/aromatic N) is 1. The van der Waals surface area contributed by atoms with Gasteiger partial charge in [0.1, 0.15) is 5.82 Å². The van der Waals surface area contributed by atoms with Crippen molar-refractivity contribution >= 4 is 5.91 Å². The molecule has 0 aromatic heterocycles. The highest BCUT2D eigenvalue weighted by Gasteiger charge is 2.34. The smallest absolute Gasteiger partial charge is 0.256 e. The molecule has 1 aliphatic heterocycles. The molecule has 3 rings (SSSR count). The van der Waals surface area contributed by atoms with Crippen LogP contribution in [0.2, 0.25) is 0 Å². The lowest BCUT2D eigenvalue weighted by molar-refractivity contribution is 0.0784. The molecule has 0 unspecified atom stereocenters. The number of carbonyl (C=O) groups is 1. The maximum Gasteiger partial charge on any atom is 0.256 e. The minimum atomic E-state index is -0.441. The molecule has 0 aliphatic carbocycles. The Bertz CT molecular complexity index is 687. The van der Waals surface area contributed by atoms with Crippen LogP contribution in [0.25, 0.3) is 0 Å². The molecule has 0 radical (unpaired) electrons. The second-order valence-corrected chi connectivity index (χ2v) is 5.83. The summed E-state index contributed by atoms with van der Waals surface area (Å²) in [6, 6.07) is 14.7. The van der Waals surface area contributed by atoms with Crippen molar-refractivity contribution in [2.24, 2.45) is 5.73 Å². The third-order valence-corrected chi connectivity index (χ3v) is 4.30. The fraction of sp³-hybridized carbons (Fsp3) is 0.278. The van der Waals surface area contributed by atoms with Gasteiger partial charge in [0.05, 0.1) is 5.56 Å². The molecule has 2 atom stereocenters. The third-order valence-electron chi connectivity index (χ3n) is 4.30. The molecule has 114 valence electrons. The second-order valence-electron chi connectivity index (χ2n) is 5.83. The maximum atomic E-state index is 14.1. The van der Waals surface area contributed by atoms with Gasteiger partial charge in [0, 0.05) is 25.0 Å². The molecule has 0 spiro atoms. The van der Waals surface area contributed by atoms with Gasteiger partial charge < -0.3 is 10.6 Å². The van der Waals surface area contributed by atoms with Gasteiger partial charge in [-0.1, -0.05) is 42.5 Å². The number of halogens is 1. The van der Waals surface area contributed by atoms with E-state index in [1.807, 2.05) is 30.3 Å². The van der Waals surface area contributed by atoms with E-state index in [1.54, 1.807) is 24.0 Å². The van der Waals surface area contributed by atoms with Gasteiger partial charge in [0.15, 0.2) is 0 Å². The van der Waals surface area contributed by atoms with E-state index in [2.05, 4.69) is 0 Å². The highest BCUT2D eigenvalue weighted by Crippen LogP contribution is 2.28. The zero-order valence-corrected chi connectivity index (χ0v) is 12.5. The largest absolute Gasteiger partial charge is 0.336 e. The van der Waals surface area contributed by atoms with Crippen LogP contribution in [-0.2, 0) is 0 Å². The van der Waals surface area contributed by atoms with Crippen molar-refractivity contribution in [2.45, 2.75) is 18.9 Å². The summed E-state index contributed by atoms with van der Waals surface area (Å²) in [5.74, 6) is -0.627. The van der Waals surface area contributed by atoms with E-state index in [-0.39, 0.29) is 23.4 Å².